The van der Waals surface area contributed by atoms with Gasteiger partial charge in [-0.1, -0.05) is 35.3 Å². The van der Waals surface area contributed by atoms with Crippen LogP contribution in [-0.4, -0.2) is 43.0 Å². The molecule has 182 valence electrons. The third-order valence-electron chi connectivity index (χ3n) is 5.99. The summed E-state index contributed by atoms with van der Waals surface area (Å²) >= 11 is 12.8. The highest BCUT2D eigenvalue weighted by molar-refractivity contribution is 6.38. The van der Waals surface area contributed by atoms with Gasteiger partial charge in [0, 0.05) is 35.7 Å². The molecule has 0 atom stereocenters. The summed E-state index contributed by atoms with van der Waals surface area (Å²) in [6, 6.07) is 17.7. The smallest absolute Gasteiger partial charge is 0.257 e. The molecule has 0 saturated carbocycles. The number of nitrogens with zero attached hydrogens (tertiary/aromatic N) is 2. The highest BCUT2D eigenvalue weighted by Gasteiger charge is 2.19. The number of nitrogens with one attached hydrogen (secondary N) is 3. The Hall–Kier alpha value is -3.68. The topological polar surface area (TPSA) is 95.0 Å². The van der Waals surface area contributed by atoms with Crippen LogP contribution in [0.3, 0.4) is 0 Å². The summed E-state index contributed by atoms with van der Waals surface area (Å²) < 4.78 is 0. The van der Waals surface area contributed by atoms with Crippen LogP contribution < -0.4 is 16.0 Å². The van der Waals surface area contributed by atoms with Crippen LogP contribution in [0, 0.1) is 0 Å². The van der Waals surface area contributed by atoms with Gasteiger partial charge in [-0.25, -0.2) is 0 Å². The van der Waals surface area contributed by atoms with Crippen molar-refractivity contribution < 1.29 is 9.59 Å². The number of amides is 2. The molecule has 36 heavy (non-hydrogen) atoms. The van der Waals surface area contributed by atoms with E-state index in [1.165, 1.54) is 12.1 Å². The van der Waals surface area contributed by atoms with Gasteiger partial charge in [0.25, 0.3) is 11.8 Å². The lowest BCUT2D eigenvalue weighted by Gasteiger charge is -2.12. The van der Waals surface area contributed by atoms with Crippen molar-refractivity contribution in [3.05, 3.63) is 93.0 Å². The average Bonchev–Trinajstić information content (AvgIpc) is 3.61. The number of halogens is 2. The number of carbonyl (C=O) groups excluding carboxylic acids is 2. The van der Waals surface area contributed by atoms with Gasteiger partial charge in [-0.3, -0.25) is 19.6 Å². The zero-order chi connectivity index (χ0) is 25.1. The standard InChI is InChI=1S/C27H23Cl2N5O2/c28-22-15-21(27(36)34-19-9-5-17(6-10-19)25-31-12-13-32-25)23(29)14-20(22)26(35)33-18-7-3-16(4-8-18)24-2-1-11-30-24/h3-10,14-15H,1-2,11-13H2,(H,31,32)(H,33,35)(H,34,36). The number of carbonyl (C=O) groups is 2. The van der Waals surface area contributed by atoms with Crippen molar-refractivity contribution in [2.45, 2.75) is 12.8 Å². The minimum Gasteiger partial charge on any atom is -0.368 e. The molecule has 0 unspecified atom stereocenters. The second kappa shape index (κ2) is 10.5. The number of hydrogen-bond donors (Lipinski definition) is 3. The van der Waals surface area contributed by atoms with Crippen LogP contribution in [0.4, 0.5) is 11.4 Å². The lowest BCUT2D eigenvalue weighted by atomic mass is 10.1. The molecule has 0 spiro atoms. The molecule has 0 saturated heterocycles. The normalized spacial score (nSPS) is 14.6. The Morgan fingerprint density at radius 2 is 1.31 bits per heavy atom. The van der Waals surface area contributed by atoms with Crippen LogP contribution in [0.25, 0.3) is 0 Å². The summed E-state index contributed by atoms with van der Waals surface area (Å²) in [5.41, 5.74) is 4.67. The molecule has 2 heterocycles. The second-order valence-electron chi connectivity index (χ2n) is 8.46. The zero-order valence-electron chi connectivity index (χ0n) is 19.3. The Morgan fingerprint density at radius 1 is 0.750 bits per heavy atom. The molecule has 2 aliphatic rings. The third-order valence-corrected chi connectivity index (χ3v) is 6.61. The van der Waals surface area contributed by atoms with Crippen LogP contribution in [0.1, 0.15) is 44.7 Å². The van der Waals surface area contributed by atoms with E-state index in [1.54, 1.807) is 12.1 Å². The first-order valence-electron chi connectivity index (χ1n) is 11.6. The predicted octanol–water partition coefficient (Wildman–Crippen LogP) is 5.43. The van der Waals surface area contributed by atoms with Crippen LogP contribution in [-0.2, 0) is 0 Å². The van der Waals surface area contributed by atoms with Crippen molar-refractivity contribution in [1.29, 1.82) is 0 Å². The van der Waals surface area contributed by atoms with Gasteiger partial charge in [0.1, 0.15) is 5.84 Å². The lowest BCUT2D eigenvalue weighted by molar-refractivity contribution is 0.101. The second-order valence-corrected chi connectivity index (χ2v) is 9.28. The van der Waals surface area contributed by atoms with Gasteiger partial charge in [0.2, 0.25) is 0 Å². The Bertz CT molecular complexity index is 1280. The maximum atomic E-state index is 12.8. The van der Waals surface area contributed by atoms with Gasteiger partial charge in [-0.2, -0.15) is 0 Å². The van der Waals surface area contributed by atoms with Crippen molar-refractivity contribution >= 4 is 57.9 Å². The summed E-state index contributed by atoms with van der Waals surface area (Å²) in [6.07, 6.45) is 2.04. The largest absolute Gasteiger partial charge is 0.368 e. The molecule has 2 amide bonds. The van der Waals surface area contributed by atoms with Gasteiger partial charge in [-0.15, -0.1) is 0 Å². The molecule has 2 aliphatic heterocycles. The number of aliphatic imine (C=N–C) groups is 2. The third kappa shape index (κ3) is 5.27. The monoisotopic (exact) mass is 519 g/mol. The Labute approximate surface area is 218 Å². The van der Waals surface area contributed by atoms with E-state index < -0.39 is 11.8 Å². The molecule has 3 aromatic carbocycles. The average molecular weight is 520 g/mol. The summed E-state index contributed by atoms with van der Waals surface area (Å²) in [7, 11) is 0. The number of rotatable bonds is 6. The summed E-state index contributed by atoms with van der Waals surface area (Å²) in [6.45, 7) is 2.44. The van der Waals surface area contributed by atoms with Crippen molar-refractivity contribution in [2.24, 2.45) is 9.98 Å². The van der Waals surface area contributed by atoms with Crippen LogP contribution in [0.2, 0.25) is 10.0 Å². The predicted molar refractivity (Wildman–Crippen MR) is 145 cm³/mol. The molecule has 5 rings (SSSR count). The highest BCUT2D eigenvalue weighted by atomic mass is 35.5. The molecular weight excluding hydrogens is 497 g/mol. The molecular formula is C27H23Cl2N5O2. The van der Waals surface area contributed by atoms with Crippen molar-refractivity contribution in [1.82, 2.24) is 5.32 Å². The van der Waals surface area contributed by atoms with Crippen LogP contribution in [0.15, 0.2) is 70.6 Å². The van der Waals surface area contributed by atoms with E-state index in [0.29, 0.717) is 11.4 Å². The summed E-state index contributed by atoms with van der Waals surface area (Å²) in [5.74, 6) is -0.00192. The van der Waals surface area contributed by atoms with Gasteiger partial charge in [-0.05, 0) is 66.9 Å². The molecule has 0 fully saturated rings. The highest BCUT2D eigenvalue weighted by Crippen LogP contribution is 2.27. The zero-order valence-corrected chi connectivity index (χ0v) is 20.8. The number of hydrogen-bond acceptors (Lipinski definition) is 5. The Kier molecular flexibility index (Phi) is 7.02. The fourth-order valence-electron chi connectivity index (χ4n) is 4.12. The minimum absolute atomic E-state index is 0.123. The van der Waals surface area contributed by atoms with E-state index in [1.807, 2.05) is 36.4 Å². The van der Waals surface area contributed by atoms with Crippen molar-refractivity contribution in [2.75, 3.05) is 30.3 Å². The van der Waals surface area contributed by atoms with Crippen LogP contribution in [0.5, 0.6) is 0 Å². The van der Waals surface area contributed by atoms with Gasteiger partial charge in [0.15, 0.2) is 0 Å². The van der Waals surface area contributed by atoms with E-state index in [9.17, 15) is 9.59 Å². The Balaban J connectivity index is 1.26. The fraction of sp³-hybridized carbons (Fsp3) is 0.185. The first kappa shape index (κ1) is 24.0. The first-order chi connectivity index (χ1) is 17.5. The number of anilines is 2. The molecule has 0 aliphatic carbocycles. The van der Waals surface area contributed by atoms with Crippen molar-refractivity contribution in [3.63, 3.8) is 0 Å². The molecule has 0 aromatic heterocycles. The molecule has 9 heteroatoms. The molecule has 7 nitrogen and oxygen atoms in total. The summed E-state index contributed by atoms with van der Waals surface area (Å²) in [4.78, 5) is 34.6. The molecule has 3 N–H and O–H groups in total. The maximum absolute atomic E-state index is 12.8. The van der Waals surface area contributed by atoms with Crippen molar-refractivity contribution in [3.8, 4) is 0 Å². The van der Waals surface area contributed by atoms with E-state index in [-0.39, 0.29) is 21.2 Å². The first-order valence-corrected chi connectivity index (χ1v) is 12.4. The number of benzene rings is 3. The van der Waals surface area contributed by atoms with E-state index in [2.05, 4.69) is 25.9 Å². The number of amidine groups is 1. The maximum Gasteiger partial charge on any atom is 0.257 e. The quantitative estimate of drug-likeness (QED) is 0.405. The Morgan fingerprint density at radius 3 is 1.78 bits per heavy atom. The van der Waals surface area contributed by atoms with E-state index >= 15 is 0 Å². The fourth-order valence-corrected chi connectivity index (χ4v) is 4.61. The molecule has 0 bridgehead atoms. The van der Waals surface area contributed by atoms with Gasteiger partial charge < -0.3 is 16.0 Å². The van der Waals surface area contributed by atoms with E-state index in [0.717, 1.165) is 55.2 Å². The van der Waals surface area contributed by atoms with Crippen LogP contribution >= 0.6 is 23.2 Å². The SMILES string of the molecule is O=C(Nc1ccc(C2=NCCC2)cc1)c1cc(Cl)c(C(=O)Nc2ccc(C3=NCCN3)cc2)cc1Cl. The summed E-state index contributed by atoms with van der Waals surface area (Å²) in [5, 5.41) is 9.09. The van der Waals surface area contributed by atoms with Gasteiger partial charge >= 0.3 is 0 Å². The lowest BCUT2D eigenvalue weighted by Crippen LogP contribution is -2.19. The van der Waals surface area contributed by atoms with Gasteiger partial charge in [0.05, 0.1) is 27.7 Å². The van der Waals surface area contributed by atoms with E-state index in [4.69, 9.17) is 23.2 Å². The minimum atomic E-state index is -0.427. The molecule has 3 aromatic rings. The molecule has 0 radical (unpaired) electrons.